The third kappa shape index (κ3) is 7.45. The van der Waals surface area contributed by atoms with Gasteiger partial charge in [0.2, 0.25) is 5.88 Å². The molecular weight excluding hydrogens is 480 g/mol. The van der Waals surface area contributed by atoms with Crippen LogP contribution in [-0.2, 0) is 16.0 Å². The van der Waals surface area contributed by atoms with Crippen molar-refractivity contribution in [3.05, 3.63) is 57.6 Å². The van der Waals surface area contributed by atoms with Gasteiger partial charge < -0.3 is 9.47 Å². The monoisotopic (exact) mass is 512 g/mol. The lowest BCUT2D eigenvalue weighted by Gasteiger charge is -2.21. The summed E-state index contributed by atoms with van der Waals surface area (Å²) in [6.07, 6.45) is 6.87. The van der Waals surface area contributed by atoms with E-state index in [9.17, 15) is 9.59 Å². The number of nitrogens with zero attached hydrogens (tertiary/aromatic N) is 3. The number of aromatic amines is 1. The van der Waals surface area contributed by atoms with Crippen LogP contribution in [0.3, 0.4) is 0 Å². The molecule has 0 fully saturated rings. The van der Waals surface area contributed by atoms with Gasteiger partial charge in [0.1, 0.15) is 11.4 Å². The molecule has 0 spiro atoms. The van der Waals surface area contributed by atoms with Crippen molar-refractivity contribution in [2.24, 2.45) is 0 Å². The molecule has 3 rings (SSSR count). The fourth-order valence-electron chi connectivity index (χ4n) is 3.53. The average Bonchev–Trinajstić information content (AvgIpc) is 2.87. The van der Waals surface area contributed by atoms with Gasteiger partial charge in [-0.1, -0.05) is 43.9 Å². The molecule has 9 heteroatoms. The first kappa shape index (κ1) is 27.5. The number of methoxy groups -OCH3 is 1. The number of hydrogen-bond donors (Lipinski definition) is 1. The van der Waals surface area contributed by atoms with E-state index in [1.165, 1.54) is 20.0 Å². The highest BCUT2D eigenvalue weighted by Gasteiger charge is 2.26. The lowest BCUT2D eigenvalue weighted by atomic mass is 9.96. The molecule has 1 aromatic carbocycles. The van der Waals surface area contributed by atoms with E-state index in [0.717, 1.165) is 18.4 Å². The Kier molecular flexibility index (Phi) is 9.73. The molecule has 2 heterocycles. The lowest BCUT2D eigenvalue weighted by Crippen LogP contribution is -2.33. The fraction of sp³-hybridized carbons (Fsp3) is 0.444. The molecular formula is C27H33ClN4O4. The van der Waals surface area contributed by atoms with Crippen molar-refractivity contribution in [3.8, 4) is 28.7 Å². The normalized spacial score (nSPS) is 11.5. The Balaban J connectivity index is 1.77. The fourth-order valence-corrected chi connectivity index (χ4v) is 3.73. The molecule has 0 aliphatic heterocycles. The van der Waals surface area contributed by atoms with Gasteiger partial charge in [-0.2, -0.15) is 4.98 Å². The molecule has 192 valence electrons. The van der Waals surface area contributed by atoms with Crippen molar-refractivity contribution in [2.45, 2.75) is 64.9 Å². The zero-order valence-electron chi connectivity index (χ0n) is 21.3. The van der Waals surface area contributed by atoms with Crippen LogP contribution >= 0.6 is 11.6 Å². The number of nitrogens with one attached hydrogen (secondary N) is 1. The SMILES string of the molecule is CCCCCCOc1ccc(-c2nc(-c3cc(CCC(=O)C(C)(C)OC)ccc3Cl)[nH]c(=O)n2)cn1. The Labute approximate surface area is 216 Å². The summed E-state index contributed by atoms with van der Waals surface area (Å²) in [7, 11) is 1.52. The number of rotatable bonds is 13. The second kappa shape index (κ2) is 12.7. The predicted octanol–water partition coefficient (Wildman–Crippen LogP) is 5.43. The standard InChI is InChI=1S/C27H33ClN4O4/c1-5-6-7-8-15-36-23-14-11-19(17-29-23)24-30-25(32-26(34)31-24)20-16-18(9-12-21(20)28)10-13-22(33)27(2,3)35-4/h9,11-12,14,16-17H,5-8,10,13,15H2,1-4H3,(H,30,31,32,34). The molecule has 0 aliphatic rings. The second-order valence-corrected chi connectivity index (χ2v) is 9.48. The van der Waals surface area contributed by atoms with E-state index >= 15 is 0 Å². The minimum atomic E-state index is -0.842. The number of aryl methyl sites for hydroxylation is 1. The van der Waals surface area contributed by atoms with Crippen molar-refractivity contribution in [2.75, 3.05) is 13.7 Å². The zero-order valence-corrected chi connectivity index (χ0v) is 22.0. The van der Waals surface area contributed by atoms with Gasteiger partial charge in [-0.25, -0.2) is 14.8 Å². The number of carbonyl (C=O) groups is 1. The smallest absolute Gasteiger partial charge is 0.348 e. The maximum atomic E-state index is 12.4. The van der Waals surface area contributed by atoms with E-state index in [1.807, 2.05) is 12.1 Å². The Morgan fingerprint density at radius 3 is 2.61 bits per heavy atom. The van der Waals surface area contributed by atoms with Crippen LogP contribution in [0.5, 0.6) is 5.88 Å². The number of halogens is 1. The molecule has 0 saturated heterocycles. The van der Waals surface area contributed by atoms with Crippen molar-refractivity contribution in [3.63, 3.8) is 0 Å². The van der Waals surface area contributed by atoms with E-state index in [-0.39, 0.29) is 17.4 Å². The van der Waals surface area contributed by atoms with E-state index in [0.29, 0.717) is 41.5 Å². The third-order valence-corrected chi connectivity index (χ3v) is 6.33. The molecule has 8 nitrogen and oxygen atoms in total. The first-order valence-electron chi connectivity index (χ1n) is 12.2. The van der Waals surface area contributed by atoms with E-state index in [2.05, 4.69) is 26.9 Å². The number of hydrogen-bond acceptors (Lipinski definition) is 7. The van der Waals surface area contributed by atoms with Gasteiger partial charge in [0, 0.05) is 36.9 Å². The molecule has 0 amide bonds. The van der Waals surface area contributed by atoms with Gasteiger partial charge >= 0.3 is 5.69 Å². The van der Waals surface area contributed by atoms with Crippen LogP contribution < -0.4 is 10.4 Å². The average molecular weight is 513 g/mol. The first-order valence-corrected chi connectivity index (χ1v) is 12.6. The molecule has 1 N–H and O–H groups in total. The van der Waals surface area contributed by atoms with Crippen LogP contribution in [0.4, 0.5) is 0 Å². The highest BCUT2D eigenvalue weighted by atomic mass is 35.5. The number of benzene rings is 1. The Hall–Kier alpha value is -3.10. The number of aromatic nitrogens is 4. The maximum absolute atomic E-state index is 12.4. The molecule has 0 radical (unpaired) electrons. The van der Waals surface area contributed by atoms with Crippen LogP contribution in [0.15, 0.2) is 41.3 Å². The summed E-state index contributed by atoms with van der Waals surface area (Å²) in [5.74, 6) is 1.04. The van der Waals surface area contributed by atoms with E-state index in [4.69, 9.17) is 21.1 Å². The molecule has 0 aliphatic carbocycles. The number of Topliss-reactive ketones (excluding diaryl/α,β-unsaturated/α-hetero) is 1. The summed E-state index contributed by atoms with van der Waals surface area (Å²) in [6, 6.07) is 8.92. The quantitative estimate of drug-likeness (QED) is 0.304. The number of ketones is 1. The summed E-state index contributed by atoms with van der Waals surface area (Å²) in [5.41, 5.74) is 0.627. The first-order chi connectivity index (χ1) is 17.2. The summed E-state index contributed by atoms with van der Waals surface area (Å²) < 4.78 is 11.0. The third-order valence-electron chi connectivity index (χ3n) is 6.00. The molecule has 0 bridgehead atoms. The van der Waals surface area contributed by atoms with Crippen LogP contribution in [0.2, 0.25) is 5.02 Å². The minimum Gasteiger partial charge on any atom is -0.478 e. The molecule has 0 saturated carbocycles. The molecule has 3 aromatic rings. The Morgan fingerprint density at radius 2 is 1.92 bits per heavy atom. The molecule has 0 atom stereocenters. The zero-order chi connectivity index (χ0) is 26.1. The van der Waals surface area contributed by atoms with Gasteiger partial charge in [0.05, 0.1) is 11.6 Å². The van der Waals surface area contributed by atoms with E-state index < -0.39 is 11.3 Å². The second-order valence-electron chi connectivity index (χ2n) is 9.07. The van der Waals surface area contributed by atoms with E-state index in [1.54, 1.807) is 38.2 Å². The molecule has 2 aromatic heterocycles. The number of pyridine rings is 1. The largest absolute Gasteiger partial charge is 0.478 e. The lowest BCUT2D eigenvalue weighted by molar-refractivity contribution is -0.137. The number of unbranched alkanes of at least 4 members (excludes halogenated alkanes) is 3. The Bertz CT molecular complexity index is 1230. The summed E-state index contributed by atoms with van der Waals surface area (Å²) in [6.45, 7) is 6.27. The highest BCUT2D eigenvalue weighted by Crippen LogP contribution is 2.28. The van der Waals surface area contributed by atoms with Crippen molar-refractivity contribution in [1.82, 2.24) is 19.9 Å². The minimum absolute atomic E-state index is 0.000107. The van der Waals surface area contributed by atoms with Gasteiger partial charge in [-0.05, 0) is 50.5 Å². The van der Waals surface area contributed by atoms with Crippen molar-refractivity contribution < 1.29 is 14.3 Å². The number of ether oxygens (including phenoxy) is 2. The van der Waals surface area contributed by atoms with Crippen molar-refractivity contribution in [1.29, 1.82) is 0 Å². The van der Waals surface area contributed by atoms with Crippen LogP contribution in [0.1, 0.15) is 58.4 Å². The van der Waals surface area contributed by atoms with Crippen molar-refractivity contribution >= 4 is 17.4 Å². The van der Waals surface area contributed by atoms with Crippen LogP contribution in [-0.4, -0.2) is 45.0 Å². The maximum Gasteiger partial charge on any atom is 0.348 e. The molecule has 36 heavy (non-hydrogen) atoms. The van der Waals surface area contributed by atoms with Gasteiger partial charge in [0.15, 0.2) is 11.6 Å². The summed E-state index contributed by atoms with van der Waals surface area (Å²) >= 11 is 6.44. The number of carbonyl (C=O) groups excluding carboxylic acids is 1. The Morgan fingerprint density at radius 1 is 1.11 bits per heavy atom. The molecule has 0 unspecified atom stereocenters. The van der Waals surface area contributed by atoms with Crippen LogP contribution in [0.25, 0.3) is 22.8 Å². The van der Waals surface area contributed by atoms with Gasteiger partial charge in [-0.15, -0.1) is 0 Å². The highest BCUT2D eigenvalue weighted by molar-refractivity contribution is 6.33. The topological polar surface area (TPSA) is 107 Å². The van der Waals surface area contributed by atoms with Crippen LogP contribution in [0, 0.1) is 0 Å². The summed E-state index contributed by atoms with van der Waals surface area (Å²) in [4.78, 5) is 40.3. The van der Waals surface area contributed by atoms with Gasteiger partial charge in [-0.3, -0.25) is 9.78 Å². The predicted molar refractivity (Wildman–Crippen MR) is 140 cm³/mol. The summed E-state index contributed by atoms with van der Waals surface area (Å²) in [5, 5.41) is 0.424. The number of H-pyrrole nitrogens is 1. The van der Waals surface area contributed by atoms with Gasteiger partial charge in [0.25, 0.3) is 0 Å².